The number of ether oxygens (including phenoxy) is 3. The zero-order chi connectivity index (χ0) is 43.0. The summed E-state index contributed by atoms with van der Waals surface area (Å²) in [5.41, 5.74) is 0. The molecule has 59 heavy (non-hydrogen) atoms. The summed E-state index contributed by atoms with van der Waals surface area (Å²) in [6.45, 7) is 6.56. The molecule has 6 heteroatoms. The third kappa shape index (κ3) is 46.5. The van der Waals surface area contributed by atoms with Gasteiger partial charge in [0.05, 0.1) is 0 Å². The van der Waals surface area contributed by atoms with Crippen molar-refractivity contribution in [3.05, 3.63) is 36.5 Å². The van der Waals surface area contributed by atoms with Crippen LogP contribution in [0.5, 0.6) is 0 Å². The van der Waals surface area contributed by atoms with Gasteiger partial charge in [0.1, 0.15) is 13.2 Å². The lowest BCUT2D eigenvalue weighted by atomic mass is 10.0. The average molecular weight is 829 g/mol. The molecule has 0 heterocycles. The quantitative estimate of drug-likeness (QED) is 0.0263. The number of carbonyl (C=O) groups is 3. The number of unbranched alkanes of at least 4 members (excludes halogenated alkanes) is 29. The monoisotopic (exact) mass is 829 g/mol. The van der Waals surface area contributed by atoms with E-state index in [9.17, 15) is 14.4 Å². The Morgan fingerprint density at radius 3 is 1.07 bits per heavy atom. The van der Waals surface area contributed by atoms with Crippen molar-refractivity contribution in [3.8, 4) is 0 Å². The summed E-state index contributed by atoms with van der Waals surface area (Å²) in [6, 6.07) is 0. The lowest BCUT2D eigenvalue weighted by Gasteiger charge is -2.18. The van der Waals surface area contributed by atoms with Gasteiger partial charge >= 0.3 is 17.9 Å². The summed E-state index contributed by atoms with van der Waals surface area (Å²) in [5.74, 6) is -0.917. The van der Waals surface area contributed by atoms with Crippen LogP contribution in [0.15, 0.2) is 36.5 Å². The van der Waals surface area contributed by atoms with Gasteiger partial charge in [-0.15, -0.1) is 0 Å². The Balaban J connectivity index is 4.32. The van der Waals surface area contributed by atoms with E-state index in [-0.39, 0.29) is 31.1 Å². The van der Waals surface area contributed by atoms with Gasteiger partial charge in [-0.1, -0.05) is 211 Å². The zero-order valence-corrected chi connectivity index (χ0v) is 39.3. The fourth-order valence-corrected chi connectivity index (χ4v) is 7.24. The van der Waals surface area contributed by atoms with Crippen molar-refractivity contribution in [1.82, 2.24) is 0 Å². The van der Waals surface area contributed by atoms with Crippen LogP contribution in [-0.2, 0) is 28.6 Å². The van der Waals surface area contributed by atoms with Crippen LogP contribution in [0.2, 0.25) is 0 Å². The lowest BCUT2D eigenvalue weighted by molar-refractivity contribution is -0.167. The van der Waals surface area contributed by atoms with Gasteiger partial charge in [0.2, 0.25) is 0 Å². The smallest absolute Gasteiger partial charge is 0.306 e. The first-order valence-electron chi connectivity index (χ1n) is 25.5. The fraction of sp³-hybridized carbons (Fsp3) is 0.830. The van der Waals surface area contributed by atoms with Crippen molar-refractivity contribution < 1.29 is 28.6 Å². The second-order valence-electron chi connectivity index (χ2n) is 17.1. The van der Waals surface area contributed by atoms with Gasteiger partial charge in [-0.05, 0) is 70.6 Å². The van der Waals surface area contributed by atoms with Crippen molar-refractivity contribution in [2.24, 2.45) is 0 Å². The van der Waals surface area contributed by atoms with Crippen LogP contribution < -0.4 is 0 Å². The SMILES string of the molecule is CCCCC/C=C\C/C=C\CCCCCCCCCC(=O)OCC(COC(=O)CCC/C=C\CCCCCC)OC(=O)CCCCCCCCCCCCCCCCC. The highest BCUT2D eigenvalue weighted by molar-refractivity contribution is 5.71. The summed E-state index contributed by atoms with van der Waals surface area (Å²) in [5, 5.41) is 0. The van der Waals surface area contributed by atoms with E-state index in [2.05, 4.69) is 57.2 Å². The fourth-order valence-electron chi connectivity index (χ4n) is 7.24. The van der Waals surface area contributed by atoms with E-state index in [1.54, 1.807) is 0 Å². The minimum Gasteiger partial charge on any atom is -0.462 e. The second-order valence-corrected chi connectivity index (χ2v) is 17.1. The summed E-state index contributed by atoms with van der Waals surface area (Å²) in [7, 11) is 0. The lowest BCUT2D eigenvalue weighted by Crippen LogP contribution is -2.30. The minimum atomic E-state index is -0.781. The van der Waals surface area contributed by atoms with Gasteiger partial charge in [-0.3, -0.25) is 14.4 Å². The normalized spacial score (nSPS) is 12.3. The van der Waals surface area contributed by atoms with Crippen LogP contribution >= 0.6 is 0 Å². The Kier molecular flexibility index (Phi) is 46.4. The van der Waals surface area contributed by atoms with E-state index in [4.69, 9.17) is 14.2 Å². The van der Waals surface area contributed by atoms with Crippen LogP contribution in [-0.4, -0.2) is 37.2 Å². The molecule has 0 saturated heterocycles. The van der Waals surface area contributed by atoms with Gasteiger partial charge < -0.3 is 14.2 Å². The van der Waals surface area contributed by atoms with Crippen molar-refractivity contribution in [2.75, 3.05) is 13.2 Å². The maximum Gasteiger partial charge on any atom is 0.306 e. The third-order valence-electron chi connectivity index (χ3n) is 11.1. The molecule has 0 bridgehead atoms. The van der Waals surface area contributed by atoms with Gasteiger partial charge in [0.25, 0.3) is 0 Å². The van der Waals surface area contributed by atoms with Crippen LogP contribution in [0, 0.1) is 0 Å². The first-order chi connectivity index (χ1) is 29.0. The molecule has 0 aliphatic heterocycles. The molecule has 344 valence electrons. The number of allylic oxidation sites excluding steroid dienone is 6. The molecule has 0 fully saturated rings. The molecular formula is C53H96O6. The molecule has 0 spiro atoms. The summed E-state index contributed by atoms with van der Waals surface area (Å²) >= 11 is 0. The summed E-state index contributed by atoms with van der Waals surface area (Å²) in [6.07, 6.45) is 55.6. The molecule has 0 aromatic carbocycles. The zero-order valence-electron chi connectivity index (χ0n) is 39.3. The van der Waals surface area contributed by atoms with Gasteiger partial charge in [0.15, 0.2) is 6.10 Å². The number of hydrogen-bond acceptors (Lipinski definition) is 6. The van der Waals surface area contributed by atoms with Crippen LogP contribution in [0.25, 0.3) is 0 Å². The molecule has 1 unspecified atom stereocenters. The largest absolute Gasteiger partial charge is 0.462 e. The molecule has 0 N–H and O–H groups in total. The van der Waals surface area contributed by atoms with Crippen molar-refractivity contribution >= 4 is 17.9 Å². The molecule has 0 rings (SSSR count). The van der Waals surface area contributed by atoms with Crippen molar-refractivity contribution in [3.63, 3.8) is 0 Å². The maximum atomic E-state index is 12.8. The second kappa shape index (κ2) is 48.3. The van der Waals surface area contributed by atoms with E-state index in [1.165, 1.54) is 154 Å². The molecule has 0 aromatic heterocycles. The predicted molar refractivity (Wildman–Crippen MR) is 252 cm³/mol. The van der Waals surface area contributed by atoms with E-state index in [0.717, 1.165) is 70.6 Å². The van der Waals surface area contributed by atoms with E-state index >= 15 is 0 Å². The number of hydrogen-bond donors (Lipinski definition) is 0. The molecule has 0 aliphatic rings. The first kappa shape index (κ1) is 56.6. The summed E-state index contributed by atoms with van der Waals surface area (Å²) in [4.78, 5) is 37.8. The molecular weight excluding hydrogens is 733 g/mol. The van der Waals surface area contributed by atoms with Crippen molar-refractivity contribution in [1.29, 1.82) is 0 Å². The first-order valence-corrected chi connectivity index (χ1v) is 25.5. The van der Waals surface area contributed by atoms with E-state index in [1.807, 2.05) is 0 Å². The Hall–Kier alpha value is -2.37. The van der Waals surface area contributed by atoms with Gasteiger partial charge in [-0.25, -0.2) is 0 Å². The molecule has 1 atom stereocenters. The van der Waals surface area contributed by atoms with Crippen LogP contribution in [0.3, 0.4) is 0 Å². The van der Waals surface area contributed by atoms with Crippen LogP contribution in [0.4, 0.5) is 0 Å². The molecule has 0 saturated carbocycles. The van der Waals surface area contributed by atoms with E-state index < -0.39 is 6.10 Å². The van der Waals surface area contributed by atoms with E-state index in [0.29, 0.717) is 19.3 Å². The highest BCUT2D eigenvalue weighted by atomic mass is 16.6. The maximum absolute atomic E-state index is 12.8. The molecule has 0 amide bonds. The Bertz CT molecular complexity index is 1000. The molecule has 0 aromatic rings. The highest BCUT2D eigenvalue weighted by Crippen LogP contribution is 2.15. The topological polar surface area (TPSA) is 78.9 Å². The minimum absolute atomic E-state index is 0.0822. The Morgan fingerprint density at radius 1 is 0.339 bits per heavy atom. The Morgan fingerprint density at radius 2 is 0.627 bits per heavy atom. The standard InChI is InChI=1S/C53H96O6/c1-4-7-10-13-16-19-21-23-25-26-28-29-31-34-37-40-43-46-52(55)58-49-50(48-57-51(54)45-42-39-36-33-18-15-12-9-6-3)59-53(56)47-44-41-38-35-32-30-27-24-22-20-17-14-11-8-5-2/h16,19,23,25,33,36,50H,4-15,17-18,20-22,24,26-32,34-35,37-49H2,1-3H3/b19-16-,25-23-,36-33-. The highest BCUT2D eigenvalue weighted by Gasteiger charge is 2.19. The van der Waals surface area contributed by atoms with Gasteiger partial charge in [0, 0.05) is 19.3 Å². The van der Waals surface area contributed by atoms with Crippen LogP contribution in [0.1, 0.15) is 265 Å². The average Bonchev–Trinajstić information content (AvgIpc) is 3.23. The number of carbonyl (C=O) groups excluding carboxylic acids is 3. The molecule has 0 radical (unpaired) electrons. The number of esters is 3. The Labute approximate surface area is 365 Å². The third-order valence-corrected chi connectivity index (χ3v) is 11.1. The predicted octanol–water partition coefficient (Wildman–Crippen LogP) is 16.5. The van der Waals surface area contributed by atoms with Crippen molar-refractivity contribution in [2.45, 2.75) is 271 Å². The molecule has 0 aliphatic carbocycles. The number of rotatable bonds is 46. The van der Waals surface area contributed by atoms with Gasteiger partial charge in [-0.2, -0.15) is 0 Å². The molecule has 6 nitrogen and oxygen atoms in total. The summed E-state index contributed by atoms with van der Waals surface area (Å²) < 4.78 is 16.7.